The summed E-state index contributed by atoms with van der Waals surface area (Å²) in [6.45, 7) is 15.9. The Bertz CT molecular complexity index is 288. The van der Waals surface area contributed by atoms with E-state index in [1.54, 1.807) is 0 Å². The fourth-order valence-corrected chi connectivity index (χ4v) is 2.49. The van der Waals surface area contributed by atoms with Crippen molar-refractivity contribution in [3.05, 3.63) is 0 Å². The Hall–Kier alpha value is -0.650. The van der Waals surface area contributed by atoms with E-state index in [-0.39, 0.29) is 11.8 Å². The largest absolute Gasteiger partial charge is 0.354 e. The maximum absolute atomic E-state index is 11.8. The second kappa shape index (κ2) is 8.60. The third kappa shape index (κ3) is 5.77. The highest BCUT2D eigenvalue weighted by Gasteiger charge is 2.20. The van der Waals surface area contributed by atoms with Crippen LogP contribution in [0.4, 0.5) is 0 Å². The van der Waals surface area contributed by atoms with Gasteiger partial charge in [0.15, 0.2) is 0 Å². The molecule has 1 heterocycles. The van der Waals surface area contributed by atoms with E-state index in [0.29, 0.717) is 12.5 Å². The van der Waals surface area contributed by atoms with E-state index >= 15 is 0 Å². The van der Waals surface area contributed by atoms with Gasteiger partial charge in [-0.1, -0.05) is 27.7 Å². The number of piperazine rings is 1. The predicted molar refractivity (Wildman–Crippen MR) is 83.5 cm³/mol. The minimum absolute atomic E-state index is 0.0253. The molecule has 5 nitrogen and oxygen atoms in total. The van der Waals surface area contributed by atoms with Crippen LogP contribution in [0.15, 0.2) is 0 Å². The molecule has 20 heavy (non-hydrogen) atoms. The van der Waals surface area contributed by atoms with Crippen molar-refractivity contribution in [2.24, 2.45) is 17.6 Å². The van der Waals surface area contributed by atoms with Gasteiger partial charge in [-0.2, -0.15) is 0 Å². The van der Waals surface area contributed by atoms with Gasteiger partial charge in [-0.3, -0.25) is 4.79 Å². The van der Waals surface area contributed by atoms with Crippen molar-refractivity contribution < 1.29 is 4.79 Å². The number of carbonyl (C=O) groups is 1. The molecule has 0 radical (unpaired) electrons. The highest BCUT2D eigenvalue weighted by atomic mass is 16.2. The number of nitrogens with zero attached hydrogens (tertiary/aromatic N) is 2. The van der Waals surface area contributed by atoms with Gasteiger partial charge in [0.25, 0.3) is 0 Å². The molecular weight excluding hydrogens is 252 g/mol. The van der Waals surface area contributed by atoms with Crippen LogP contribution in [0.2, 0.25) is 0 Å². The molecule has 2 atom stereocenters. The first-order valence-electron chi connectivity index (χ1n) is 7.92. The first kappa shape index (κ1) is 17.4. The highest BCUT2D eigenvalue weighted by molar-refractivity contribution is 5.81. The molecule has 1 rings (SSSR count). The van der Waals surface area contributed by atoms with Crippen LogP contribution in [0.25, 0.3) is 0 Å². The van der Waals surface area contributed by atoms with Crippen LogP contribution in [0.1, 0.15) is 27.7 Å². The Morgan fingerprint density at radius 3 is 2.20 bits per heavy atom. The second-order valence-electron chi connectivity index (χ2n) is 6.35. The molecule has 0 aromatic heterocycles. The zero-order chi connectivity index (χ0) is 15.1. The number of likely N-dealkylation sites (N-methyl/N-ethyl adjacent to an activating group) is 1. The molecule has 118 valence electrons. The van der Waals surface area contributed by atoms with Gasteiger partial charge < -0.3 is 20.9 Å². The van der Waals surface area contributed by atoms with Gasteiger partial charge in [0.1, 0.15) is 0 Å². The summed E-state index contributed by atoms with van der Waals surface area (Å²) in [6.07, 6.45) is 0. The lowest BCUT2D eigenvalue weighted by molar-refractivity contribution is -0.123. The number of nitrogens with one attached hydrogen (secondary N) is 1. The molecule has 0 saturated carbocycles. The monoisotopic (exact) mass is 284 g/mol. The van der Waals surface area contributed by atoms with Crippen LogP contribution in [0, 0.1) is 11.8 Å². The normalized spacial score (nSPS) is 20.9. The summed E-state index contributed by atoms with van der Waals surface area (Å²) in [5, 5.41) is 2.97. The molecule has 0 bridgehead atoms. The van der Waals surface area contributed by atoms with E-state index in [4.69, 9.17) is 5.73 Å². The standard InChI is InChI=1S/C15H32N4O/c1-5-18-6-8-19(9-7-18)11-13(4)10-17-15(20)14(16)12(2)3/h12-14H,5-11,16H2,1-4H3,(H,17,20)/t13?,14-/m0/s1. The summed E-state index contributed by atoms with van der Waals surface area (Å²) >= 11 is 0. The maximum Gasteiger partial charge on any atom is 0.237 e. The van der Waals surface area contributed by atoms with Crippen molar-refractivity contribution in [2.75, 3.05) is 45.8 Å². The van der Waals surface area contributed by atoms with Crippen LogP contribution in [0.5, 0.6) is 0 Å². The quantitative estimate of drug-likeness (QED) is 0.709. The van der Waals surface area contributed by atoms with Gasteiger partial charge in [0.2, 0.25) is 5.91 Å². The first-order valence-corrected chi connectivity index (χ1v) is 7.92. The van der Waals surface area contributed by atoms with Crippen molar-refractivity contribution in [1.29, 1.82) is 0 Å². The van der Waals surface area contributed by atoms with Gasteiger partial charge in [-0.05, 0) is 18.4 Å². The number of hydrogen-bond donors (Lipinski definition) is 2. The van der Waals surface area contributed by atoms with E-state index in [9.17, 15) is 4.79 Å². The molecule has 0 aromatic rings. The summed E-state index contributed by atoms with van der Waals surface area (Å²) in [5.74, 6) is 0.626. The van der Waals surface area contributed by atoms with Crippen LogP contribution in [-0.2, 0) is 4.79 Å². The van der Waals surface area contributed by atoms with Gasteiger partial charge >= 0.3 is 0 Å². The molecule has 0 aliphatic carbocycles. The number of nitrogens with two attached hydrogens (primary N) is 1. The van der Waals surface area contributed by atoms with Crippen molar-refractivity contribution in [2.45, 2.75) is 33.7 Å². The van der Waals surface area contributed by atoms with Crippen molar-refractivity contribution in [3.63, 3.8) is 0 Å². The molecule has 1 unspecified atom stereocenters. The predicted octanol–water partition coefficient (Wildman–Crippen LogP) is 0.360. The first-order chi connectivity index (χ1) is 9.43. The third-order valence-corrected chi connectivity index (χ3v) is 4.13. The van der Waals surface area contributed by atoms with Gasteiger partial charge in [0, 0.05) is 39.3 Å². The summed E-state index contributed by atoms with van der Waals surface area (Å²) in [4.78, 5) is 16.8. The van der Waals surface area contributed by atoms with Crippen molar-refractivity contribution in [3.8, 4) is 0 Å². The average molecular weight is 284 g/mol. The minimum Gasteiger partial charge on any atom is -0.354 e. The molecule has 3 N–H and O–H groups in total. The SMILES string of the molecule is CCN1CCN(CC(C)CNC(=O)[C@@H](N)C(C)C)CC1. The van der Waals surface area contributed by atoms with Gasteiger partial charge in [-0.15, -0.1) is 0 Å². The highest BCUT2D eigenvalue weighted by Crippen LogP contribution is 2.05. The lowest BCUT2D eigenvalue weighted by atomic mass is 10.0. The second-order valence-corrected chi connectivity index (χ2v) is 6.35. The van der Waals surface area contributed by atoms with Crippen LogP contribution < -0.4 is 11.1 Å². The lowest BCUT2D eigenvalue weighted by Crippen LogP contribution is -2.49. The molecule has 0 aromatic carbocycles. The van der Waals surface area contributed by atoms with E-state index in [1.165, 1.54) is 0 Å². The summed E-state index contributed by atoms with van der Waals surface area (Å²) < 4.78 is 0. The lowest BCUT2D eigenvalue weighted by Gasteiger charge is -2.35. The molecule has 1 amide bonds. The summed E-state index contributed by atoms with van der Waals surface area (Å²) in [5.41, 5.74) is 5.83. The van der Waals surface area contributed by atoms with E-state index < -0.39 is 6.04 Å². The number of hydrogen-bond acceptors (Lipinski definition) is 4. The van der Waals surface area contributed by atoms with Crippen molar-refractivity contribution >= 4 is 5.91 Å². The molecule has 5 heteroatoms. The van der Waals surface area contributed by atoms with E-state index in [0.717, 1.165) is 39.3 Å². The topological polar surface area (TPSA) is 61.6 Å². The molecule has 0 spiro atoms. The van der Waals surface area contributed by atoms with Gasteiger partial charge in [0.05, 0.1) is 6.04 Å². The smallest absolute Gasteiger partial charge is 0.237 e. The molecule has 1 aliphatic heterocycles. The Morgan fingerprint density at radius 2 is 1.70 bits per heavy atom. The summed E-state index contributed by atoms with van der Waals surface area (Å²) in [7, 11) is 0. The minimum atomic E-state index is -0.393. The number of rotatable bonds is 7. The molecule has 1 aliphatic rings. The Morgan fingerprint density at radius 1 is 1.15 bits per heavy atom. The maximum atomic E-state index is 11.8. The van der Waals surface area contributed by atoms with E-state index in [1.807, 2.05) is 13.8 Å². The Kier molecular flexibility index (Phi) is 7.48. The van der Waals surface area contributed by atoms with Gasteiger partial charge in [-0.25, -0.2) is 0 Å². The Labute approximate surface area is 123 Å². The number of carbonyl (C=O) groups excluding carboxylic acids is 1. The fraction of sp³-hybridized carbons (Fsp3) is 0.933. The number of amides is 1. The zero-order valence-electron chi connectivity index (χ0n) is 13.6. The van der Waals surface area contributed by atoms with Crippen molar-refractivity contribution in [1.82, 2.24) is 15.1 Å². The molecule has 1 saturated heterocycles. The van der Waals surface area contributed by atoms with Crippen LogP contribution >= 0.6 is 0 Å². The Balaban J connectivity index is 2.20. The van der Waals surface area contributed by atoms with Crippen LogP contribution in [0.3, 0.4) is 0 Å². The van der Waals surface area contributed by atoms with Crippen LogP contribution in [-0.4, -0.2) is 67.6 Å². The summed E-state index contributed by atoms with van der Waals surface area (Å²) in [6, 6.07) is -0.393. The third-order valence-electron chi connectivity index (χ3n) is 4.13. The zero-order valence-corrected chi connectivity index (χ0v) is 13.6. The fourth-order valence-electron chi connectivity index (χ4n) is 2.49. The molecular formula is C15H32N4O. The van der Waals surface area contributed by atoms with E-state index in [2.05, 4.69) is 29.0 Å². The average Bonchev–Trinajstić information content (AvgIpc) is 2.44. The molecule has 1 fully saturated rings.